The Balaban J connectivity index is 2.61. The molecule has 6 nitrogen and oxygen atoms in total. The first-order chi connectivity index (χ1) is 9.38. The van der Waals surface area contributed by atoms with Gasteiger partial charge in [0.2, 0.25) is 0 Å². The summed E-state index contributed by atoms with van der Waals surface area (Å²) in [5, 5.41) is 3.66. The van der Waals surface area contributed by atoms with Crippen LogP contribution in [0.3, 0.4) is 0 Å². The largest absolute Gasteiger partial charge is 0.489 e. The topological polar surface area (TPSA) is 77.0 Å². The van der Waals surface area contributed by atoms with E-state index >= 15 is 0 Å². The van der Waals surface area contributed by atoms with Gasteiger partial charge in [0, 0.05) is 6.07 Å². The molecule has 0 fully saturated rings. The van der Waals surface area contributed by atoms with Crippen LogP contribution < -0.4 is 16.0 Å². The van der Waals surface area contributed by atoms with Crippen molar-refractivity contribution in [1.82, 2.24) is 14.8 Å². The van der Waals surface area contributed by atoms with E-state index in [1.807, 2.05) is 4.98 Å². The Hall–Kier alpha value is -2.15. The van der Waals surface area contributed by atoms with Gasteiger partial charge in [-0.25, -0.2) is 9.18 Å². The van der Waals surface area contributed by atoms with Crippen LogP contribution in [0, 0.1) is 5.82 Å². The zero-order valence-electron chi connectivity index (χ0n) is 10.7. The van der Waals surface area contributed by atoms with Crippen LogP contribution in [0.2, 0.25) is 5.02 Å². The molecule has 0 radical (unpaired) electrons. The first-order valence-corrected chi connectivity index (χ1v) is 6.11. The van der Waals surface area contributed by atoms with Crippen molar-refractivity contribution < 1.29 is 9.13 Å². The smallest absolute Gasteiger partial charge is 0.349 e. The predicted octanol–water partition coefficient (Wildman–Crippen LogP) is 1.50. The van der Waals surface area contributed by atoms with Crippen LogP contribution in [0.1, 0.15) is 13.8 Å². The van der Waals surface area contributed by atoms with E-state index in [9.17, 15) is 14.0 Å². The summed E-state index contributed by atoms with van der Waals surface area (Å²) in [5.41, 5.74) is -1.68. The Morgan fingerprint density at radius 1 is 1.40 bits per heavy atom. The van der Waals surface area contributed by atoms with E-state index in [1.54, 1.807) is 13.8 Å². The highest BCUT2D eigenvalue weighted by Crippen LogP contribution is 2.29. The van der Waals surface area contributed by atoms with Crippen LogP contribution in [0.4, 0.5) is 4.39 Å². The quantitative estimate of drug-likeness (QED) is 0.932. The number of hydrogen-bond donors (Lipinski definition) is 1. The van der Waals surface area contributed by atoms with Crippen molar-refractivity contribution in [3.05, 3.63) is 50.0 Å². The van der Waals surface area contributed by atoms with Crippen molar-refractivity contribution in [1.29, 1.82) is 0 Å². The highest BCUT2D eigenvalue weighted by Gasteiger charge is 2.14. The van der Waals surface area contributed by atoms with E-state index in [-0.39, 0.29) is 22.6 Å². The Labute approximate surface area is 117 Å². The maximum Gasteiger partial charge on any atom is 0.349 e. The number of nitrogens with zero attached hydrogens (tertiary/aromatic N) is 2. The summed E-state index contributed by atoms with van der Waals surface area (Å²) < 4.78 is 20.0. The Kier molecular flexibility index (Phi) is 3.89. The minimum Gasteiger partial charge on any atom is -0.489 e. The molecule has 1 N–H and O–H groups in total. The van der Waals surface area contributed by atoms with Gasteiger partial charge >= 0.3 is 5.69 Å². The molecule has 0 atom stereocenters. The molecule has 0 aliphatic rings. The van der Waals surface area contributed by atoms with Crippen molar-refractivity contribution in [2.45, 2.75) is 20.0 Å². The summed E-state index contributed by atoms with van der Waals surface area (Å²) in [5.74, 6) is -0.536. The number of rotatable bonds is 3. The van der Waals surface area contributed by atoms with Crippen molar-refractivity contribution in [3.8, 4) is 11.4 Å². The number of nitrogens with one attached hydrogen (secondary N) is 1. The molecule has 2 aromatic rings. The fourth-order valence-corrected chi connectivity index (χ4v) is 1.74. The van der Waals surface area contributed by atoms with Crippen LogP contribution in [-0.4, -0.2) is 20.9 Å². The summed E-state index contributed by atoms with van der Waals surface area (Å²) in [7, 11) is 0. The molecule has 0 spiro atoms. The number of hydrogen-bond acceptors (Lipinski definition) is 4. The third-order valence-corrected chi connectivity index (χ3v) is 2.60. The second kappa shape index (κ2) is 5.46. The monoisotopic (exact) mass is 299 g/mol. The molecular formula is C12H11ClFN3O3. The lowest BCUT2D eigenvalue weighted by Gasteiger charge is -2.13. The normalized spacial score (nSPS) is 10.8. The molecule has 20 heavy (non-hydrogen) atoms. The van der Waals surface area contributed by atoms with Gasteiger partial charge in [0.1, 0.15) is 17.6 Å². The first kappa shape index (κ1) is 14.3. The van der Waals surface area contributed by atoms with Crippen molar-refractivity contribution in [2.24, 2.45) is 0 Å². The van der Waals surface area contributed by atoms with E-state index in [0.29, 0.717) is 0 Å². The maximum absolute atomic E-state index is 13.9. The van der Waals surface area contributed by atoms with Crippen molar-refractivity contribution >= 4 is 11.6 Å². The zero-order chi connectivity index (χ0) is 14.9. The minimum atomic E-state index is -0.853. The molecular weight excluding hydrogens is 289 g/mol. The van der Waals surface area contributed by atoms with Crippen LogP contribution in [-0.2, 0) is 0 Å². The molecule has 0 aliphatic heterocycles. The molecule has 0 aliphatic carbocycles. The molecule has 1 aromatic carbocycles. The standard InChI is InChI=1S/C12H11ClFN3O3/c1-6(2)20-10-4-9(8(14)3-7(10)13)17-12(19)16-11(18)5-15-17/h3-6H,1-2H3,(H,16,18,19). The third kappa shape index (κ3) is 2.88. The Bertz CT molecular complexity index is 754. The average molecular weight is 300 g/mol. The molecule has 1 aromatic heterocycles. The number of H-pyrrole nitrogens is 1. The first-order valence-electron chi connectivity index (χ1n) is 5.73. The fourth-order valence-electron chi connectivity index (χ4n) is 1.55. The number of aromatic amines is 1. The van der Waals surface area contributed by atoms with Gasteiger partial charge in [-0.1, -0.05) is 11.6 Å². The summed E-state index contributed by atoms with van der Waals surface area (Å²) in [6, 6.07) is 2.28. The molecule has 8 heteroatoms. The lowest BCUT2D eigenvalue weighted by molar-refractivity contribution is 0.242. The predicted molar refractivity (Wildman–Crippen MR) is 71.2 cm³/mol. The molecule has 0 unspecified atom stereocenters. The fraction of sp³-hybridized carbons (Fsp3) is 0.250. The van der Waals surface area contributed by atoms with Gasteiger partial charge < -0.3 is 4.74 Å². The summed E-state index contributed by atoms with van der Waals surface area (Å²) in [6.07, 6.45) is 0.699. The van der Waals surface area contributed by atoms with Crippen LogP contribution in [0.5, 0.6) is 5.75 Å². The number of benzene rings is 1. The van der Waals surface area contributed by atoms with Gasteiger partial charge in [-0.3, -0.25) is 9.78 Å². The molecule has 0 bridgehead atoms. The highest BCUT2D eigenvalue weighted by molar-refractivity contribution is 6.32. The minimum absolute atomic E-state index is 0.0809. The Morgan fingerprint density at radius 3 is 2.70 bits per heavy atom. The van der Waals surface area contributed by atoms with Gasteiger partial charge in [-0.2, -0.15) is 9.78 Å². The molecule has 0 saturated heterocycles. The van der Waals surface area contributed by atoms with E-state index in [4.69, 9.17) is 16.3 Å². The van der Waals surface area contributed by atoms with E-state index in [1.165, 1.54) is 6.07 Å². The van der Waals surface area contributed by atoms with Gasteiger partial charge in [-0.15, -0.1) is 0 Å². The molecule has 2 rings (SSSR count). The molecule has 106 valence electrons. The highest BCUT2D eigenvalue weighted by atomic mass is 35.5. The second-order valence-electron chi connectivity index (χ2n) is 4.25. The van der Waals surface area contributed by atoms with Gasteiger partial charge in [0.25, 0.3) is 5.56 Å². The second-order valence-corrected chi connectivity index (χ2v) is 4.66. The third-order valence-electron chi connectivity index (χ3n) is 2.31. The SMILES string of the molecule is CC(C)Oc1cc(-n2ncc(=O)[nH]c2=O)c(F)cc1Cl. The zero-order valence-corrected chi connectivity index (χ0v) is 11.4. The van der Waals surface area contributed by atoms with Crippen LogP contribution in [0.25, 0.3) is 5.69 Å². The number of halogens is 2. The summed E-state index contributed by atoms with van der Waals surface area (Å²) in [4.78, 5) is 24.6. The average Bonchev–Trinajstić information content (AvgIpc) is 2.33. The van der Waals surface area contributed by atoms with Crippen LogP contribution >= 0.6 is 11.6 Å². The van der Waals surface area contributed by atoms with Gasteiger partial charge in [0.05, 0.1) is 11.1 Å². The van der Waals surface area contributed by atoms with E-state index in [2.05, 4.69) is 5.10 Å². The van der Waals surface area contributed by atoms with Gasteiger partial charge in [0.15, 0.2) is 5.82 Å². The lowest BCUT2D eigenvalue weighted by atomic mass is 10.3. The van der Waals surface area contributed by atoms with Crippen molar-refractivity contribution in [2.75, 3.05) is 0 Å². The molecule has 1 heterocycles. The summed E-state index contributed by atoms with van der Waals surface area (Å²) >= 11 is 5.87. The van der Waals surface area contributed by atoms with Gasteiger partial charge in [-0.05, 0) is 19.9 Å². The van der Waals surface area contributed by atoms with E-state index < -0.39 is 17.1 Å². The van der Waals surface area contributed by atoms with E-state index in [0.717, 1.165) is 16.9 Å². The maximum atomic E-state index is 13.9. The van der Waals surface area contributed by atoms with Crippen molar-refractivity contribution in [3.63, 3.8) is 0 Å². The number of ether oxygens (including phenoxy) is 1. The molecule has 0 saturated carbocycles. The summed E-state index contributed by atoms with van der Waals surface area (Å²) in [6.45, 7) is 3.56. The van der Waals surface area contributed by atoms with Crippen LogP contribution in [0.15, 0.2) is 27.9 Å². The molecule has 0 amide bonds. The number of aromatic nitrogens is 3. The Morgan fingerprint density at radius 2 is 2.10 bits per heavy atom. The lowest BCUT2D eigenvalue weighted by Crippen LogP contribution is -2.30.